The quantitative estimate of drug-likeness (QED) is 0.694. The lowest BCUT2D eigenvalue weighted by Gasteiger charge is -2.09. The SMILES string of the molecule is Cc1cccc2nc(SCC(=O)O)n(CCNC(N)=O)c12. The van der Waals surface area contributed by atoms with Crippen molar-refractivity contribution in [3.8, 4) is 0 Å². The number of primary amides is 1. The minimum atomic E-state index is -0.898. The van der Waals surface area contributed by atoms with Crippen molar-refractivity contribution < 1.29 is 14.7 Å². The maximum atomic E-state index is 10.8. The Kier molecular flexibility index (Phi) is 4.69. The van der Waals surface area contributed by atoms with Crippen LogP contribution in [0, 0.1) is 6.92 Å². The van der Waals surface area contributed by atoms with Crippen LogP contribution in [0.3, 0.4) is 0 Å². The third kappa shape index (κ3) is 3.66. The van der Waals surface area contributed by atoms with E-state index in [1.807, 2.05) is 29.7 Å². The molecular weight excluding hydrogens is 292 g/mol. The fourth-order valence-corrected chi connectivity index (χ4v) is 2.83. The van der Waals surface area contributed by atoms with Gasteiger partial charge in [-0.1, -0.05) is 23.9 Å². The van der Waals surface area contributed by atoms with Crippen molar-refractivity contribution >= 4 is 34.8 Å². The maximum absolute atomic E-state index is 10.8. The van der Waals surface area contributed by atoms with Gasteiger partial charge in [0.05, 0.1) is 16.8 Å². The number of nitrogens with one attached hydrogen (secondary N) is 1. The number of carbonyl (C=O) groups excluding carboxylic acids is 1. The summed E-state index contributed by atoms with van der Waals surface area (Å²) in [5.41, 5.74) is 7.84. The lowest BCUT2D eigenvalue weighted by molar-refractivity contribution is -0.133. The van der Waals surface area contributed by atoms with E-state index in [0.29, 0.717) is 18.2 Å². The molecule has 4 N–H and O–H groups in total. The van der Waals surface area contributed by atoms with Crippen LogP contribution in [0.25, 0.3) is 11.0 Å². The molecule has 0 unspecified atom stereocenters. The Bertz CT molecular complexity index is 683. The Morgan fingerprint density at radius 2 is 2.24 bits per heavy atom. The minimum Gasteiger partial charge on any atom is -0.481 e. The van der Waals surface area contributed by atoms with Crippen LogP contribution in [0.15, 0.2) is 23.4 Å². The van der Waals surface area contributed by atoms with Gasteiger partial charge in [0.1, 0.15) is 0 Å². The van der Waals surface area contributed by atoms with Gasteiger partial charge in [-0.2, -0.15) is 0 Å². The number of carboxylic acid groups (broad SMARTS) is 1. The van der Waals surface area contributed by atoms with Crippen LogP contribution in [-0.2, 0) is 11.3 Å². The first-order valence-electron chi connectivity index (χ1n) is 6.33. The van der Waals surface area contributed by atoms with Crippen molar-refractivity contribution in [1.29, 1.82) is 0 Å². The van der Waals surface area contributed by atoms with Crippen LogP contribution < -0.4 is 11.1 Å². The molecule has 0 spiro atoms. The number of nitrogens with two attached hydrogens (primary N) is 1. The Balaban J connectivity index is 2.33. The van der Waals surface area contributed by atoms with Gasteiger partial charge in [0.25, 0.3) is 0 Å². The highest BCUT2D eigenvalue weighted by atomic mass is 32.2. The van der Waals surface area contributed by atoms with E-state index >= 15 is 0 Å². The standard InChI is InChI=1S/C13H16N4O3S/c1-8-3-2-4-9-11(8)17(6-5-15-12(14)20)13(16-9)21-7-10(18)19/h2-4H,5-7H2,1H3,(H,18,19)(H3,14,15,20). The van der Waals surface area contributed by atoms with E-state index in [9.17, 15) is 9.59 Å². The van der Waals surface area contributed by atoms with Gasteiger partial charge in [-0.3, -0.25) is 4.79 Å². The van der Waals surface area contributed by atoms with Crippen molar-refractivity contribution in [2.24, 2.45) is 5.73 Å². The molecule has 0 fully saturated rings. The first-order chi connectivity index (χ1) is 9.99. The third-order valence-corrected chi connectivity index (χ3v) is 3.85. The molecule has 7 nitrogen and oxygen atoms in total. The molecule has 0 aliphatic carbocycles. The third-order valence-electron chi connectivity index (χ3n) is 2.89. The number of fused-ring (bicyclic) bond motifs is 1. The summed E-state index contributed by atoms with van der Waals surface area (Å²) in [6.07, 6.45) is 0. The van der Waals surface area contributed by atoms with Gasteiger partial charge in [-0.15, -0.1) is 0 Å². The molecule has 2 aromatic rings. The molecule has 2 rings (SSSR count). The highest BCUT2D eigenvalue weighted by molar-refractivity contribution is 7.99. The molecule has 1 aromatic carbocycles. The molecule has 0 radical (unpaired) electrons. The van der Waals surface area contributed by atoms with Crippen molar-refractivity contribution in [3.05, 3.63) is 23.8 Å². The molecule has 0 atom stereocenters. The number of imidazole rings is 1. The summed E-state index contributed by atoms with van der Waals surface area (Å²) >= 11 is 1.16. The first-order valence-corrected chi connectivity index (χ1v) is 7.31. The smallest absolute Gasteiger partial charge is 0.313 e. The van der Waals surface area contributed by atoms with Crippen molar-refractivity contribution in [3.63, 3.8) is 0 Å². The van der Waals surface area contributed by atoms with E-state index in [1.54, 1.807) is 0 Å². The van der Waals surface area contributed by atoms with E-state index in [1.165, 1.54) is 0 Å². The molecular formula is C13H16N4O3S. The van der Waals surface area contributed by atoms with E-state index < -0.39 is 12.0 Å². The largest absolute Gasteiger partial charge is 0.481 e. The summed E-state index contributed by atoms with van der Waals surface area (Å²) < 4.78 is 1.91. The second-order valence-corrected chi connectivity index (χ2v) is 5.40. The van der Waals surface area contributed by atoms with E-state index in [0.717, 1.165) is 28.4 Å². The summed E-state index contributed by atoms with van der Waals surface area (Å²) in [4.78, 5) is 26.0. The molecule has 0 saturated carbocycles. The van der Waals surface area contributed by atoms with E-state index in [2.05, 4.69) is 10.3 Å². The van der Waals surface area contributed by atoms with Crippen LogP contribution in [0.4, 0.5) is 4.79 Å². The van der Waals surface area contributed by atoms with Crippen molar-refractivity contribution in [2.75, 3.05) is 12.3 Å². The van der Waals surface area contributed by atoms with Crippen LogP contribution in [0.5, 0.6) is 0 Å². The number of amides is 2. The number of thioether (sulfide) groups is 1. The van der Waals surface area contributed by atoms with Gasteiger partial charge in [0.15, 0.2) is 5.16 Å². The topological polar surface area (TPSA) is 110 Å². The normalized spacial score (nSPS) is 10.7. The lowest BCUT2D eigenvalue weighted by atomic mass is 10.2. The fraction of sp³-hybridized carbons (Fsp3) is 0.308. The Morgan fingerprint density at radius 3 is 2.90 bits per heavy atom. The zero-order valence-electron chi connectivity index (χ0n) is 11.5. The molecule has 21 heavy (non-hydrogen) atoms. The Labute approximate surface area is 125 Å². The Hall–Kier alpha value is -2.22. The van der Waals surface area contributed by atoms with E-state index in [-0.39, 0.29) is 5.75 Å². The molecule has 112 valence electrons. The number of para-hydroxylation sites is 1. The molecule has 1 heterocycles. The number of aromatic nitrogens is 2. The second kappa shape index (κ2) is 6.49. The number of hydrogen-bond donors (Lipinski definition) is 3. The van der Waals surface area contributed by atoms with Gasteiger partial charge in [-0.25, -0.2) is 9.78 Å². The van der Waals surface area contributed by atoms with Gasteiger partial charge in [0, 0.05) is 13.1 Å². The molecule has 0 aliphatic rings. The number of hydrogen-bond acceptors (Lipinski definition) is 4. The Morgan fingerprint density at radius 1 is 1.48 bits per heavy atom. The zero-order chi connectivity index (χ0) is 15.4. The average molecular weight is 308 g/mol. The van der Waals surface area contributed by atoms with Crippen molar-refractivity contribution in [1.82, 2.24) is 14.9 Å². The predicted molar refractivity (Wildman–Crippen MR) is 80.4 cm³/mol. The molecule has 1 aromatic heterocycles. The van der Waals surface area contributed by atoms with Crippen LogP contribution in [0.1, 0.15) is 5.56 Å². The number of aliphatic carboxylic acids is 1. The fourth-order valence-electron chi connectivity index (χ4n) is 2.08. The van der Waals surface area contributed by atoms with Gasteiger partial charge >= 0.3 is 12.0 Å². The van der Waals surface area contributed by atoms with Crippen LogP contribution in [-0.4, -0.2) is 39.0 Å². The number of rotatable bonds is 6. The van der Waals surface area contributed by atoms with Gasteiger partial charge in [0.2, 0.25) is 0 Å². The van der Waals surface area contributed by atoms with Gasteiger partial charge < -0.3 is 20.7 Å². The number of urea groups is 1. The maximum Gasteiger partial charge on any atom is 0.313 e. The monoisotopic (exact) mass is 308 g/mol. The highest BCUT2D eigenvalue weighted by Gasteiger charge is 2.14. The number of carboxylic acids is 1. The minimum absolute atomic E-state index is 0.0639. The second-order valence-electron chi connectivity index (χ2n) is 4.46. The summed E-state index contributed by atoms with van der Waals surface area (Å²) in [5.74, 6) is -0.961. The zero-order valence-corrected chi connectivity index (χ0v) is 12.3. The average Bonchev–Trinajstić information content (AvgIpc) is 2.75. The number of nitrogens with zero attached hydrogens (tertiary/aromatic N) is 2. The summed E-state index contributed by atoms with van der Waals surface area (Å²) in [5, 5.41) is 12.0. The summed E-state index contributed by atoms with van der Waals surface area (Å²) in [6.45, 7) is 2.80. The summed E-state index contributed by atoms with van der Waals surface area (Å²) in [7, 11) is 0. The molecule has 0 saturated heterocycles. The summed E-state index contributed by atoms with van der Waals surface area (Å²) in [6, 6.07) is 5.16. The molecule has 0 bridgehead atoms. The molecule has 2 amide bonds. The van der Waals surface area contributed by atoms with Crippen LogP contribution >= 0.6 is 11.8 Å². The predicted octanol–water partition coefficient (Wildman–Crippen LogP) is 1.19. The molecule has 0 aliphatic heterocycles. The number of carbonyl (C=O) groups is 2. The lowest BCUT2D eigenvalue weighted by Crippen LogP contribution is -2.32. The highest BCUT2D eigenvalue weighted by Crippen LogP contribution is 2.26. The van der Waals surface area contributed by atoms with Gasteiger partial charge in [-0.05, 0) is 18.6 Å². The first kappa shape index (κ1) is 15.2. The van der Waals surface area contributed by atoms with E-state index in [4.69, 9.17) is 10.8 Å². The number of aryl methyl sites for hydroxylation is 1. The number of benzene rings is 1. The van der Waals surface area contributed by atoms with Crippen molar-refractivity contribution in [2.45, 2.75) is 18.6 Å². The molecule has 8 heteroatoms. The van der Waals surface area contributed by atoms with Crippen LogP contribution in [0.2, 0.25) is 0 Å².